The van der Waals surface area contributed by atoms with Crippen LogP contribution in [0.1, 0.15) is 36.2 Å². The first-order chi connectivity index (χ1) is 20.6. The molecule has 224 valence electrons. The average molecular weight is 584 g/mol. The Morgan fingerprint density at radius 3 is 2.42 bits per heavy atom. The van der Waals surface area contributed by atoms with Crippen LogP contribution < -0.4 is 21.3 Å². The van der Waals surface area contributed by atoms with E-state index in [9.17, 15) is 14.4 Å². The second-order valence-corrected chi connectivity index (χ2v) is 10.0. The Balaban J connectivity index is 1.70. The van der Waals surface area contributed by atoms with Crippen LogP contribution in [0.3, 0.4) is 0 Å². The number of benzene rings is 2. The van der Waals surface area contributed by atoms with E-state index in [1.54, 1.807) is 68.6 Å². The van der Waals surface area contributed by atoms with Crippen LogP contribution in [-0.4, -0.2) is 77.8 Å². The number of nitrogens with one attached hydrogen (secondary N) is 4. The molecule has 3 aromatic rings. The van der Waals surface area contributed by atoms with Crippen molar-refractivity contribution >= 4 is 46.5 Å². The molecular weight excluding hydrogens is 546 g/mol. The van der Waals surface area contributed by atoms with Crippen molar-refractivity contribution in [2.75, 3.05) is 55.5 Å². The van der Waals surface area contributed by atoms with Gasteiger partial charge >= 0.3 is 0 Å². The molecule has 0 saturated heterocycles. The summed E-state index contributed by atoms with van der Waals surface area (Å²) in [4.78, 5) is 50.6. The number of carbonyl (C=O) groups is 3. The van der Waals surface area contributed by atoms with Gasteiger partial charge in [0.1, 0.15) is 17.4 Å². The summed E-state index contributed by atoms with van der Waals surface area (Å²) < 4.78 is 0. The highest BCUT2D eigenvalue weighted by Crippen LogP contribution is 2.21. The Labute approximate surface area is 251 Å². The molecule has 12 nitrogen and oxygen atoms in total. The molecule has 2 aromatic carbocycles. The van der Waals surface area contributed by atoms with Gasteiger partial charge in [-0.3, -0.25) is 14.4 Å². The van der Waals surface area contributed by atoms with E-state index < -0.39 is 11.9 Å². The fourth-order valence-corrected chi connectivity index (χ4v) is 3.75. The number of carbonyl (C=O) groups excluding carboxylic acids is 3. The quantitative estimate of drug-likeness (QED) is 0.218. The Morgan fingerprint density at radius 1 is 1.02 bits per heavy atom. The molecule has 43 heavy (non-hydrogen) atoms. The smallest absolute Gasteiger partial charge is 0.260 e. The van der Waals surface area contributed by atoms with Crippen LogP contribution >= 0.6 is 0 Å². The van der Waals surface area contributed by atoms with Gasteiger partial charge < -0.3 is 31.1 Å². The predicted octanol–water partition coefficient (Wildman–Crippen LogP) is 4.07. The van der Waals surface area contributed by atoms with Crippen LogP contribution in [0.4, 0.5) is 28.8 Å². The molecule has 1 atom stereocenters. The first-order valence-corrected chi connectivity index (χ1v) is 13.8. The van der Waals surface area contributed by atoms with Crippen molar-refractivity contribution in [2.45, 2.75) is 26.3 Å². The van der Waals surface area contributed by atoms with E-state index in [0.717, 1.165) is 6.42 Å². The lowest BCUT2D eigenvalue weighted by Gasteiger charge is -2.23. The molecule has 4 N–H and O–H groups in total. The number of amides is 3. The molecule has 0 aliphatic carbocycles. The third-order valence-electron chi connectivity index (χ3n) is 6.25. The maximum Gasteiger partial charge on any atom is 0.260 e. The summed E-state index contributed by atoms with van der Waals surface area (Å²) in [5, 5.41) is 21.0. The lowest BCUT2D eigenvalue weighted by Crippen LogP contribution is -2.42. The Morgan fingerprint density at radius 2 is 1.72 bits per heavy atom. The summed E-state index contributed by atoms with van der Waals surface area (Å²) in [5.74, 6) is -0.483. The van der Waals surface area contributed by atoms with Crippen molar-refractivity contribution in [3.05, 3.63) is 78.0 Å². The third-order valence-corrected chi connectivity index (χ3v) is 6.25. The molecule has 0 bridgehead atoms. The van der Waals surface area contributed by atoms with Crippen LogP contribution in [-0.2, 0) is 9.59 Å². The van der Waals surface area contributed by atoms with Gasteiger partial charge in [0.15, 0.2) is 0 Å². The van der Waals surface area contributed by atoms with Gasteiger partial charge in [0.2, 0.25) is 17.8 Å². The number of aromatic nitrogens is 2. The zero-order valence-corrected chi connectivity index (χ0v) is 25.0. The van der Waals surface area contributed by atoms with E-state index in [2.05, 4.69) is 37.3 Å². The Hall–Kier alpha value is -5.28. The van der Waals surface area contributed by atoms with Crippen LogP contribution in [0.25, 0.3) is 0 Å². The number of nitrogens with zero attached hydrogens (tertiary/aromatic N) is 5. The van der Waals surface area contributed by atoms with Crippen molar-refractivity contribution in [3.8, 4) is 6.07 Å². The Bertz CT molecular complexity index is 1510. The van der Waals surface area contributed by atoms with Gasteiger partial charge in [-0.1, -0.05) is 25.1 Å². The van der Waals surface area contributed by atoms with Gasteiger partial charge in [-0.2, -0.15) is 10.2 Å². The van der Waals surface area contributed by atoms with E-state index in [4.69, 9.17) is 5.26 Å². The zero-order chi connectivity index (χ0) is 31.4. The molecule has 0 saturated carbocycles. The highest BCUT2D eigenvalue weighted by Gasteiger charge is 2.21. The number of likely N-dealkylation sites (N-methyl/N-ethyl adjacent to an activating group) is 2. The van der Waals surface area contributed by atoms with Gasteiger partial charge in [0, 0.05) is 49.5 Å². The summed E-state index contributed by atoms with van der Waals surface area (Å²) in [7, 11) is 5.36. The van der Waals surface area contributed by atoms with E-state index in [1.807, 2.05) is 25.9 Å². The predicted molar refractivity (Wildman–Crippen MR) is 168 cm³/mol. The summed E-state index contributed by atoms with van der Waals surface area (Å²) >= 11 is 0. The van der Waals surface area contributed by atoms with Gasteiger partial charge in [0.05, 0.1) is 11.6 Å². The van der Waals surface area contributed by atoms with Gasteiger partial charge in [-0.15, -0.1) is 0 Å². The lowest BCUT2D eigenvalue weighted by atomic mass is 10.2. The second-order valence-electron chi connectivity index (χ2n) is 10.0. The van der Waals surface area contributed by atoms with Crippen LogP contribution in [0.5, 0.6) is 0 Å². The molecule has 0 aliphatic heterocycles. The third kappa shape index (κ3) is 9.65. The minimum atomic E-state index is -0.728. The molecule has 1 aromatic heterocycles. The highest BCUT2D eigenvalue weighted by molar-refractivity contribution is 6.08. The van der Waals surface area contributed by atoms with E-state index in [-0.39, 0.29) is 23.3 Å². The standard InChI is InChI=1S/C31H37N9O3/c1-6-15-33-28-26(20-34-31(38-28)37-23-11-7-10-22(17-23)19-32)30(43)36-25-13-8-12-24(18-25)35-29(42)21(2)40(5)27(41)14-9-16-39(3)4/h7-14,17-18,20-21H,6,15-16H2,1-5H3,(H,35,42)(H,36,43)(H2,33,34,37,38). The number of anilines is 5. The zero-order valence-electron chi connectivity index (χ0n) is 25.0. The number of hydrogen-bond donors (Lipinski definition) is 4. The minimum Gasteiger partial charge on any atom is -0.369 e. The molecule has 1 heterocycles. The largest absolute Gasteiger partial charge is 0.369 e. The number of rotatable bonds is 13. The Kier molecular flexibility index (Phi) is 11.7. The normalized spacial score (nSPS) is 11.5. The molecule has 0 radical (unpaired) electrons. The van der Waals surface area contributed by atoms with E-state index >= 15 is 0 Å². The maximum atomic E-state index is 13.3. The first-order valence-electron chi connectivity index (χ1n) is 13.8. The van der Waals surface area contributed by atoms with Gasteiger partial charge in [0.25, 0.3) is 5.91 Å². The first kappa shape index (κ1) is 32.2. The van der Waals surface area contributed by atoms with Crippen LogP contribution in [0, 0.1) is 11.3 Å². The molecule has 1 unspecified atom stereocenters. The monoisotopic (exact) mass is 583 g/mol. The molecule has 0 aliphatic rings. The van der Waals surface area contributed by atoms with Crippen LogP contribution in [0.15, 0.2) is 66.9 Å². The van der Waals surface area contributed by atoms with Crippen molar-refractivity contribution in [1.82, 2.24) is 19.8 Å². The average Bonchev–Trinajstić information content (AvgIpc) is 2.99. The molecule has 0 fully saturated rings. The van der Waals surface area contributed by atoms with Crippen molar-refractivity contribution < 1.29 is 14.4 Å². The van der Waals surface area contributed by atoms with Gasteiger partial charge in [-0.05, 0) is 63.8 Å². The highest BCUT2D eigenvalue weighted by atomic mass is 16.2. The van der Waals surface area contributed by atoms with E-state index in [1.165, 1.54) is 17.2 Å². The SMILES string of the molecule is CCCNc1nc(Nc2cccc(C#N)c2)ncc1C(=O)Nc1cccc(NC(=O)C(C)N(C)C(=O)C=CCN(C)C)c1. The summed E-state index contributed by atoms with van der Waals surface area (Å²) in [5.41, 5.74) is 2.27. The topological polar surface area (TPSA) is 155 Å². The van der Waals surface area contributed by atoms with Crippen molar-refractivity contribution in [2.24, 2.45) is 0 Å². The summed E-state index contributed by atoms with van der Waals surface area (Å²) in [6, 6.07) is 15.0. The fraction of sp³-hybridized carbons (Fsp3) is 0.290. The second kappa shape index (κ2) is 15.6. The molecule has 3 amide bonds. The molecular formula is C31H37N9O3. The van der Waals surface area contributed by atoms with Crippen molar-refractivity contribution in [3.63, 3.8) is 0 Å². The van der Waals surface area contributed by atoms with E-state index in [0.29, 0.717) is 41.5 Å². The summed E-state index contributed by atoms with van der Waals surface area (Å²) in [6.45, 7) is 4.83. The molecule has 0 spiro atoms. The van der Waals surface area contributed by atoms with Gasteiger partial charge in [-0.25, -0.2) is 4.98 Å². The van der Waals surface area contributed by atoms with Crippen LogP contribution in [0.2, 0.25) is 0 Å². The fourth-order valence-electron chi connectivity index (χ4n) is 3.75. The molecule has 3 rings (SSSR count). The lowest BCUT2D eigenvalue weighted by molar-refractivity contribution is -0.132. The van der Waals surface area contributed by atoms with Crippen molar-refractivity contribution in [1.29, 1.82) is 5.26 Å². The summed E-state index contributed by atoms with van der Waals surface area (Å²) in [6.07, 6.45) is 5.42. The molecule has 12 heteroatoms. The number of nitriles is 1. The number of hydrogen-bond acceptors (Lipinski definition) is 9. The minimum absolute atomic E-state index is 0.232. The maximum absolute atomic E-state index is 13.3.